The molecule has 1 fully saturated rings. The maximum atomic E-state index is 12.7. The van der Waals surface area contributed by atoms with E-state index in [4.69, 9.17) is 9.72 Å². The zero-order valence-corrected chi connectivity index (χ0v) is 28.0. The molecule has 1 saturated heterocycles. The van der Waals surface area contributed by atoms with Crippen LogP contribution in [0.1, 0.15) is 50.3 Å². The Morgan fingerprint density at radius 1 is 1.07 bits per heavy atom. The van der Waals surface area contributed by atoms with Gasteiger partial charge in [-0.1, -0.05) is 42.5 Å². The molecule has 6 rings (SSSR count). The third-order valence-corrected chi connectivity index (χ3v) is 10.1. The molecule has 2 aromatic heterocycles. The van der Waals surface area contributed by atoms with Crippen molar-refractivity contribution in [2.24, 2.45) is 5.92 Å². The lowest BCUT2D eigenvalue weighted by Crippen LogP contribution is -2.39. The Balaban J connectivity index is 1.24. The summed E-state index contributed by atoms with van der Waals surface area (Å²) in [5, 5.41) is 10.7. The molecule has 4 aromatic rings. The van der Waals surface area contributed by atoms with Gasteiger partial charge in [0.1, 0.15) is 5.60 Å². The summed E-state index contributed by atoms with van der Waals surface area (Å²) in [5.74, 6) is 0.398. The summed E-state index contributed by atoms with van der Waals surface area (Å²) in [7, 11) is 1.62. The van der Waals surface area contributed by atoms with E-state index in [0.29, 0.717) is 19.0 Å². The van der Waals surface area contributed by atoms with E-state index in [1.165, 1.54) is 16.7 Å². The molecule has 9 heteroatoms. The molecule has 0 aliphatic carbocycles. The number of piperidine rings is 1. The standard InChI is InChI=1S/C34H39IN4O3S/c1-34(2,3)42-33(41)38-14-12-26-15-27(10-11-28(26)20-38)31-21-39(43-35)32-30(31)16-29(17-36-32)25-8-6-23(7-9-25)18-37-13-4-5-24(19-37)22-40/h6-11,15-17,21,24,40H,4-5,12-14,18-20,22H2,1-3H3. The Bertz CT molecular complexity index is 1610. The summed E-state index contributed by atoms with van der Waals surface area (Å²) >= 11 is 2.31. The fraction of sp³-hybridized carbons (Fsp3) is 0.412. The van der Waals surface area contributed by atoms with E-state index in [-0.39, 0.29) is 12.7 Å². The van der Waals surface area contributed by atoms with E-state index in [2.05, 4.69) is 84.8 Å². The monoisotopic (exact) mass is 710 g/mol. The first-order chi connectivity index (χ1) is 20.7. The maximum Gasteiger partial charge on any atom is 0.410 e. The van der Waals surface area contributed by atoms with Gasteiger partial charge in [0.15, 0.2) is 5.65 Å². The number of amides is 1. The number of benzene rings is 2. The number of carbonyl (C=O) groups excluding carboxylic acids is 1. The van der Waals surface area contributed by atoms with Gasteiger partial charge in [0.2, 0.25) is 0 Å². The van der Waals surface area contributed by atoms with E-state index in [1.54, 1.807) is 14.0 Å². The Morgan fingerprint density at radius 3 is 2.60 bits per heavy atom. The maximum absolute atomic E-state index is 12.7. The van der Waals surface area contributed by atoms with E-state index >= 15 is 0 Å². The SMILES string of the molecule is CC(C)(C)OC(=O)N1CCc2cc(-c3cn(SI)c4ncc(-c5ccc(CN6CCCC(CO)C6)cc5)cc34)ccc2C1. The summed E-state index contributed by atoms with van der Waals surface area (Å²) < 4.78 is 7.73. The topological polar surface area (TPSA) is 70.8 Å². The predicted molar refractivity (Wildman–Crippen MR) is 183 cm³/mol. The second-order valence-corrected chi connectivity index (χ2v) is 14.5. The van der Waals surface area contributed by atoms with Gasteiger partial charge >= 0.3 is 6.09 Å². The fourth-order valence-corrected chi connectivity index (χ4v) is 7.48. The number of aliphatic hydroxyl groups excluding tert-OH is 1. The lowest BCUT2D eigenvalue weighted by Gasteiger charge is -2.31. The van der Waals surface area contributed by atoms with Crippen LogP contribution in [0.2, 0.25) is 0 Å². The van der Waals surface area contributed by atoms with Gasteiger partial charge in [-0.3, -0.25) is 8.87 Å². The number of likely N-dealkylation sites (tertiary alicyclic amines) is 1. The molecule has 0 radical (unpaired) electrons. The van der Waals surface area contributed by atoms with Crippen molar-refractivity contribution < 1.29 is 14.6 Å². The number of fused-ring (bicyclic) bond motifs is 2. The first-order valence-electron chi connectivity index (χ1n) is 15.0. The molecule has 2 aromatic carbocycles. The minimum absolute atomic E-state index is 0.252. The summed E-state index contributed by atoms with van der Waals surface area (Å²) in [6.07, 6.45) is 6.98. The number of nitrogens with zero attached hydrogens (tertiary/aromatic N) is 4. The van der Waals surface area contributed by atoms with Crippen LogP contribution in [-0.2, 0) is 24.2 Å². The van der Waals surface area contributed by atoms with Gasteiger partial charge in [-0.15, -0.1) is 0 Å². The normalized spacial score (nSPS) is 17.7. The number of ether oxygens (including phenoxy) is 1. The minimum atomic E-state index is -0.501. The molecule has 226 valence electrons. The van der Waals surface area contributed by atoms with Crippen molar-refractivity contribution in [3.05, 3.63) is 77.6 Å². The molecule has 1 N–H and O–H groups in total. The number of aromatic nitrogens is 2. The van der Waals surface area contributed by atoms with Crippen molar-refractivity contribution in [2.75, 3.05) is 26.2 Å². The van der Waals surface area contributed by atoms with Crippen LogP contribution in [0, 0.1) is 5.92 Å². The lowest BCUT2D eigenvalue weighted by atomic mass is 9.94. The highest BCUT2D eigenvalue weighted by Crippen LogP contribution is 2.37. The Hall–Kier alpha value is -2.60. The molecule has 0 bridgehead atoms. The Labute approximate surface area is 270 Å². The highest BCUT2D eigenvalue weighted by Gasteiger charge is 2.26. The minimum Gasteiger partial charge on any atom is -0.444 e. The molecule has 0 spiro atoms. The molecule has 7 nitrogen and oxygen atoms in total. The van der Waals surface area contributed by atoms with Crippen LogP contribution in [-0.4, -0.2) is 61.8 Å². The van der Waals surface area contributed by atoms with Crippen LogP contribution in [0.15, 0.2) is 60.9 Å². The van der Waals surface area contributed by atoms with Crippen LogP contribution >= 0.6 is 30.3 Å². The molecule has 1 amide bonds. The first-order valence-corrected chi connectivity index (χ1v) is 18.3. The van der Waals surface area contributed by atoms with Crippen molar-refractivity contribution in [2.45, 2.75) is 58.7 Å². The zero-order valence-electron chi connectivity index (χ0n) is 25.1. The van der Waals surface area contributed by atoms with E-state index in [1.807, 2.05) is 27.0 Å². The summed E-state index contributed by atoms with van der Waals surface area (Å²) in [6.45, 7) is 10.2. The third kappa shape index (κ3) is 6.90. The smallest absolute Gasteiger partial charge is 0.410 e. The average Bonchev–Trinajstić information content (AvgIpc) is 3.38. The number of halogens is 1. The van der Waals surface area contributed by atoms with E-state index in [0.717, 1.165) is 72.2 Å². The molecule has 1 unspecified atom stereocenters. The number of carbonyl (C=O) groups is 1. The number of pyridine rings is 1. The van der Waals surface area contributed by atoms with Gasteiger partial charge in [-0.2, -0.15) is 0 Å². The highest BCUT2D eigenvalue weighted by atomic mass is 127. The number of hydrogen-bond donors (Lipinski definition) is 1. The Morgan fingerprint density at radius 2 is 1.86 bits per heavy atom. The second-order valence-electron chi connectivity index (χ2n) is 12.8. The van der Waals surface area contributed by atoms with Gasteiger partial charge < -0.3 is 14.7 Å². The molecule has 4 heterocycles. The number of rotatable bonds is 6. The number of hydrogen-bond acceptors (Lipinski definition) is 6. The lowest BCUT2D eigenvalue weighted by molar-refractivity contribution is 0.0224. The third-order valence-electron chi connectivity index (χ3n) is 8.42. The van der Waals surface area contributed by atoms with Gasteiger partial charge in [-0.25, -0.2) is 9.78 Å². The van der Waals surface area contributed by atoms with E-state index < -0.39 is 5.60 Å². The Kier molecular flexibility index (Phi) is 9.05. The summed E-state index contributed by atoms with van der Waals surface area (Å²) in [4.78, 5) is 21.8. The van der Waals surface area contributed by atoms with Gasteiger partial charge in [0.25, 0.3) is 0 Å². The molecular weight excluding hydrogens is 671 g/mol. The van der Waals surface area contributed by atoms with Crippen LogP contribution in [0.5, 0.6) is 0 Å². The largest absolute Gasteiger partial charge is 0.444 e. The van der Waals surface area contributed by atoms with E-state index in [9.17, 15) is 9.90 Å². The van der Waals surface area contributed by atoms with Crippen molar-refractivity contribution in [1.29, 1.82) is 0 Å². The highest BCUT2D eigenvalue weighted by molar-refractivity contribution is 14.2. The van der Waals surface area contributed by atoms with Gasteiger partial charge in [-0.05, 0) is 86.4 Å². The fourth-order valence-electron chi connectivity index (χ4n) is 6.23. The summed E-state index contributed by atoms with van der Waals surface area (Å²) in [5.41, 5.74) is 8.76. The molecular formula is C34H39IN4O3S. The van der Waals surface area contributed by atoms with Crippen LogP contribution in [0.4, 0.5) is 4.79 Å². The molecule has 1 atom stereocenters. The van der Waals surface area contributed by atoms with Crippen molar-refractivity contribution in [3.63, 3.8) is 0 Å². The summed E-state index contributed by atoms with van der Waals surface area (Å²) in [6, 6.07) is 17.7. The van der Waals surface area contributed by atoms with Crippen molar-refractivity contribution in [1.82, 2.24) is 18.8 Å². The average molecular weight is 711 g/mol. The number of aliphatic hydroxyl groups is 1. The molecule has 43 heavy (non-hydrogen) atoms. The van der Waals surface area contributed by atoms with Crippen LogP contribution < -0.4 is 0 Å². The predicted octanol–water partition coefficient (Wildman–Crippen LogP) is 7.71. The quantitative estimate of drug-likeness (QED) is 0.207. The van der Waals surface area contributed by atoms with Gasteiger partial charge in [0, 0.05) is 92.0 Å². The van der Waals surface area contributed by atoms with Crippen LogP contribution in [0.3, 0.4) is 0 Å². The van der Waals surface area contributed by atoms with Crippen molar-refractivity contribution >= 4 is 47.5 Å². The second kappa shape index (κ2) is 12.8. The molecule has 0 saturated carbocycles. The zero-order chi connectivity index (χ0) is 30.1. The van der Waals surface area contributed by atoms with Gasteiger partial charge in [0.05, 0.1) is 0 Å². The molecule has 2 aliphatic rings. The van der Waals surface area contributed by atoms with Crippen LogP contribution in [0.25, 0.3) is 33.3 Å². The first kappa shape index (κ1) is 30.4. The van der Waals surface area contributed by atoms with Crippen molar-refractivity contribution in [3.8, 4) is 22.3 Å². The molecule has 2 aliphatic heterocycles.